The van der Waals surface area contributed by atoms with Gasteiger partial charge in [0.1, 0.15) is 0 Å². The quantitative estimate of drug-likeness (QED) is 0.844. The number of hydrogen-bond acceptors (Lipinski definition) is 4. The second-order valence-corrected chi connectivity index (χ2v) is 6.75. The number of methoxy groups -OCH3 is 1. The summed E-state index contributed by atoms with van der Waals surface area (Å²) in [5, 5.41) is 2.88. The van der Waals surface area contributed by atoms with Crippen LogP contribution in [0.15, 0.2) is 48.5 Å². The van der Waals surface area contributed by atoms with Crippen LogP contribution in [-0.2, 0) is 11.3 Å². The highest BCUT2D eigenvalue weighted by molar-refractivity contribution is 5.92. The minimum absolute atomic E-state index is 0.115. The van der Waals surface area contributed by atoms with Crippen LogP contribution >= 0.6 is 0 Å². The molecule has 2 amide bonds. The SMILES string of the molecule is COC(=O)c1ccc(NC(=O)N2CCN(Cc3cccc(C)c3)CC2)cc1. The molecule has 0 spiro atoms. The highest BCUT2D eigenvalue weighted by Gasteiger charge is 2.21. The van der Waals surface area contributed by atoms with E-state index in [-0.39, 0.29) is 6.03 Å². The summed E-state index contributed by atoms with van der Waals surface area (Å²) in [6.45, 7) is 6.09. The van der Waals surface area contributed by atoms with Crippen molar-refractivity contribution in [2.24, 2.45) is 0 Å². The smallest absolute Gasteiger partial charge is 0.337 e. The molecule has 6 heteroatoms. The van der Waals surface area contributed by atoms with Gasteiger partial charge in [-0.05, 0) is 36.8 Å². The number of nitrogens with zero attached hydrogens (tertiary/aromatic N) is 2. The average Bonchev–Trinajstić information content (AvgIpc) is 2.68. The van der Waals surface area contributed by atoms with E-state index < -0.39 is 5.97 Å². The molecule has 3 rings (SSSR count). The van der Waals surface area contributed by atoms with Gasteiger partial charge in [-0.15, -0.1) is 0 Å². The van der Waals surface area contributed by atoms with Crippen LogP contribution in [-0.4, -0.2) is 55.1 Å². The van der Waals surface area contributed by atoms with E-state index in [4.69, 9.17) is 0 Å². The molecule has 0 atom stereocenters. The van der Waals surface area contributed by atoms with Crippen molar-refractivity contribution in [3.05, 3.63) is 65.2 Å². The Balaban J connectivity index is 1.49. The van der Waals surface area contributed by atoms with Crippen LogP contribution in [0.25, 0.3) is 0 Å². The van der Waals surface area contributed by atoms with Crippen LogP contribution in [0.5, 0.6) is 0 Å². The number of carbonyl (C=O) groups is 2. The summed E-state index contributed by atoms with van der Waals surface area (Å²) in [7, 11) is 1.34. The number of ether oxygens (including phenoxy) is 1. The highest BCUT2D eigenvalue weighted by atomic mass is 16.5. The number of urea groups is 1. The van der Waals surface area contributed by atoms with Crippen LogP contribution in [0.2, 0.25) is 0 Å². The molecule has 27 heavy (non-hydrogen) atoms. The molecule has 2 aromatic carbocycles. The Morgan fingerprint density at radius 2 is 1.74 bits per heavy atom. The Morgan fingerprint density at radius 3 is 2.37 bits per heavy atom. The van der Waals surface area contributed by atoms with Crippen LogP contribution in [0.4, 0.5) is 10.5 Å². The number of esters is 1. The molecule has 6 nitrogen and oxygen atoms in total. The van der Waals surface area contributed by atoms with Crippen molar-refractivity contribution < 1.29 is 14.3 Å². The first-order valence-electron chi connectivity index (χ1n) is 9.07. The van der Waals surface area contributed by atoms with Crippen LogP contribution in [0.1, 0.15) is 21.5 Å². The molecule has 1 aliphatic heterocycles. The second-order valence-electron chi connectivity index (χ2n) is 6.75. The average molecular weight is 367 g/mol. The van der Waals surface area contributed by atoms with Gasteiger partial charge in [0.2, 0.25) is 0 Å². The van der Waals surface area contributed by atoms with E-state index in [2.05, 4.69) is 46.1 Å². The van der Waals surface area contributed by atoms with E-state index in [1.807, 2.05) is 4.90 Å². The molecule has 0 aromatic heterocycles. The zero-order valence-electron chi connectivity index (χ0n) is 15.8. The van der Waals surface area contributed by atoms with E-state index in [0.717, 1.165) is 19.6 Å². The Bertz CT molecular complexity index is 797. The van der Waals surface area contributed by atoms with E-state index >= 15 is 0 Å². The van der Waals surface area contributed by atoms with Crippen molar-refractivity contribution in [2.75, 3.05) is 38.6 Å². The van der Waals surface area contributed by atoms with E-state index in [9.17, 15) is 9.59 Å². The molecule has 142 valence electrons. The predicted octanol–water partition coefficient (Wildman–Crippen LogP) is 3.13. The van der Waals surface area contributed by atoms with Gasteiger partial charge in [-0.25, -0.2) is 9.59 Å². The summed E-state index contributed by atoms with van der Waals surface area (Å²) in [5.41, 5.74) is 3.69. The summed E-state index contributed by atoms with van der Waals surface area (Å²) in [5.74, 6) is -0.391. The number of benzene rings is 2. The van der Waals surface area contributed by atoms with Gasteiger partial charge in [-0.3, -0.25) is 4.90 Å². The van der Waals surface area contributed by atoms with E-state index in [0.29, 0.717) is 24.3 Å². The van der Waals surface area contributed by atoms with E-state index in [1.165, 1.54) is 18.2 Å². The Labute approximate surface area is 159 Å². The van der Waals surface area contributed by atoms with Crippen LogP contribution in [0.3, 0.4) is 0 Å². The van der Waals surface area contributed by atoms with Gasteiger partial charge in [0, 0.05) is 38.4 Å². The number of hydrogen-bond donors (Lipinski definition) is 1. The standard InChI is InChI=1S/C21H25N3O3/c1-16-4-3-5-17(14-16)15-23-10-12-24(13-11-23)21(26)22-19-8-6-18(7-9-19)20(25)27-2/h3-9,14H,10-13,15H2,1-2H3,(H,22,26). The van der Waals surface area contributed by atoms with Gasteiger partial charge in [-0.1, -0.05) is 29.8 Å². The highest BCUT2D eigenvalue weighted by Crippen LogP contribution is 2.14. The first-order chi connectivity index (χ1) is 13.0. The van der Waals surface area contributed by atoms with Crippen molar-refractivity contribution in [1.82, 2.24) is 9.80 Å². The van der Waals surface area contributed by atoms with Gasteiger partial charge in [-0.2, -0.15) is 0 Å². The lowest BCUT2D eigenvalue weighted by molar-refractivity contribution is 0.0600. The molecule has 0 saturated carbocycles. The van der Waals surface area contributed by atoms with Crippen molar-refractivity contribution in [2.45, 2.75) is 13.5 Å². The van der Waals surface area contributed by atoms with Gasteiger partial charge < -0.3 is 15.0 Å². The van der Waals surface area contributed by atoms with Crippen molar-refractivity contribution in [3.8, 4) is 0 Å². The van der Waals surface area contributed by atoms with Gasteiger partial charge >= 0.3 is 12.0 Å². The zero-order chi connectivity index (χ0) is 19.2. The number of carbonyl (C=O) groups excluding carboxylic acids is 2. The number of amides is 2. The second kappa shape index (κ2) is 8.68. The fourth-order valence-electron chi connectivity index (χ4n) is 3.19. The lowest BCUT2D eigenvalue weighted by Crippen LogP contribution is -2.49. The third-order valence-corrected chi connectivity index (χ3v) is 4.71. The van der Waals surface area contributed by atoms with Crippen molar-refractivity contribution >= 4 is 17.7 Å². The number of piperazine rings is 1. The maximum atomic E-state index is 12.5. The Hall–Kier alpha value is -2.86. The number of anilines is 1. The van der Waals surface area contributed by atoms with E-state index in [1.54, 1.807) is 24.3 Å². The molecular formula is C21H25N3O3. The monoisotopic (exact) mass is 367 g/mol. The third-order valence-electron chi connectivity index (χ3n) is 4.71. The summed E-state index contributed by atoms with van der Waals surface area (Å²) >= 11 is 0. The predicted molar refractivity (Wildman–Crippen MR) is 105 cm³/mol. The van der Waals surface area contributed by atoms with Gasteiger partial charge in [0.15, 0.2) is 0 Å². The molecule has 0 aliphatic carbocycles. The largest absolute Gasteiger partial charge is 0.465 e. The number of nitrogens with one attached hydrogen (secondary N) is 1. The third kappa shape index (κ3) is 5.08. The fraction of sp³-hybridized carbons (Fsp3) is 0.333. The molecular weight excluding hydrogens is 342 g/mol. The Kier molecular flexibility index (Phi) is 6.08. The summed E-state index contributed by atoms with van der Waals surface area (Å²) in [4.78, 5) is 28.1. The molecule has 1 N–H and O–H groups in total. The number of aryl methyl sites for hydroxylation is 1. The molecule has 1 saturated heterocycles. The minimum atomic E-state index is -0.391. The van der Waals surface area contributed by atoms with Gasteiger partial charge in [0.25, 0.3) is 0 Å². The molecule has 1 heterocycles. The number of rotatable bonds is 4. The minimum Gasteiger partial charge on any atom is -0.465 e. The summed E-state index contributed by atoms with van der Waals surface area (Å²) < 4.78 is 4.67. The molecule has 1 fully saturated rings. The first kappa shape index (κ1) is 18.9. The van der Waals surface area contributed by atoms with Gasteiger partial charge in [0.05, 0.1) is 12.7 Å². The maximum absolute atomic E-state index is 12.5. The molecule has 0 radical (unpaired) electrons. The maximum Gasteiger partial charge on any atom is 0.337 e. The topological polar surface area (TPSA) is 61.9 Å². The Morgan fingerprint density at radius 1 is 1.04 bits per heavy atom. The lowest BCUT2D eigenvalue weighted by atomic mass is 10.1. The summed E-state index contributed by atoms with van der Waals surface area (Å²) in [6.07, 6.45) is 0. The molecule has 0 unspecified atom stereocenters. The van der Waals surface area contributed by atoms with Crippen molar-refractivity contribution in [1.29, 1.82) is 0 Å². The van der Waals surface area contributed by atoms with Crippen LogP contribution in [0, 0.1) is 6.92 Å². The molecule has 1 aliphatic rings. The molecule has 2 aromatic rings. The first-order valence-corrected chi connectivity index (χ1v) is 9.07. The van der Waals surface area contributed by atoms with Crippen LogP contribution < -0.4 is 5.32 Å². The van der Waals surface area contributed by atoms with Crippen molar-refractivity contribution in [3.63, 3.8) is 0 Å². The summed E-state index contributed by atoms with van der Waals surface area (Å²) in [6, 6.07) is 15.1. The fourth-order valence-corrected chi connectivity index (χ4v) is 3.19. The lowest BCUT2D eigenvalue weighted by Gasteiger charge is -2.34. The zero-order valence-corrected chi connectivity index (χ0v) is 15.8. The normalized spacial score (nSPS) is 14.7. The molecule has 0 bridgehead atoms.